The maximum atomic E-state index is 12.8. The number of hydrogen-bond donors (Lipinski definition) is 1. The Balaban J connectivity index is 1.69. The number of ether oxygens (including phenoxy) is 2. The Morgan fingerprint density at radius 2 is 1.80 bits per heavy atom. The van der Waals surface area contributed by atoms with E-state index in [1.807, 2.05) is 26.0 Å². The van der Waals surface area contributed by atoms with E-state index in [0.717, 1.165) is 17.5 Å². The lowest BCUT2D eigenvalue weighted by Gasteiger charge is -2.16. The molecule has 0 bridgehead atoms. The van der Waals surface area contributed by atoms with Gasteiger partial charge in [-0.05, 0) is 55.7 Å². The summed E-state index contributed by atoms with van der Waals surface area (Å²) in [5, 5.41) is 3.05. The van der Waals surface area contributed by atoms with Gasteiger partial charge in [-0.1, -0.05) is 37.3 Å². The average Bonchev–Trinajstić information content (AvgIpc) is 2.79. The third kappa shape index (κ3) is 5.60. The summed E-state index contributed by atoms with van der Waals surface area (Å²) in [6.07, 6.45) is 4.48. The van der Waals surface area contributed by atoms with E-state index in [2.05, 4.69) is 41.5 Å². The molecule has 1 N–H and O–H groups in total. The fourth-order valence-corrected chi connectivity index (χ4v) is 3.09. The molecule has 30 heavy (non-hydrogen) atoms. The van der Waals surface area contributed by atoms with Gasteiger partial charge in [0.05, 0.1) is 12.6 Å². The highest BCUT2D eigenvalue weighted by Crippen LogP contribution is 2.29. The molecule has 1 amide bonds. The third-order valence-electron chi connectivity index (χ3n) is 4.86. The van der Waals surface area contributed by atoms with Gasteiger partial charge in [0, 0.05) is 23.5 Å². The van der Waals surface area contributed by atoms with Crippen LogP contribution in [0, 0.1) is 0 Å². The molecule has 0 saturated carbocycles. The van der Waals surface area contributed by atoms with E-state index in [4.69, 9.17) is 9.47 Å². The van der Waals surface area contributed by atoms with E-state index in [0.29, 0.717) is 30.3 Å². The molecule has 0 aliphatic carbocycles. The van der Waals surface area contributed by atoms with Crippen LogP contribution in [0.4, 0.5) is 0 Å². The standard InChI is InChI=1S/C25H28N2O3/c1-4-19-8-10-21(11-9-19)18(3)27-25(28)22-12-13-23(24(15-22)29-5-2)30-17-20-7-6-14-26-16-20/h6-16,18H,4-5,17H2,1-3H3,(H,27,28). The summed E-state index contributed by atoms with van der Waals surface area (Å²) < 4.78 is 11.6. The average molecular weight is 405 g/mol. The Morgan fingerprint density at radius 3 is 2.47 bits per heavy atom. The number of aryl methyl sites for hydroxylation is 1. The first-order valence-corrected chi connectivity index (χ1v) is 10.3. The van der Waals surface area contributed by atoms with E-state index in [9.17, 15) is 4.79 Å². The molecule has 1 heterocycles. The highest BCUT2D eigenvalue weighted by Gasteiger charge is 2.15. The topological polar surface area (TPSA) is 60.5 Å². The Morgan fingerprint density at radius 1 is 1.00 bits per heavy atom. The highest BCUT2D eigenvalue weighted by molar-refractivity contribution is 5.95. The fourth-order valence-electron chi connectivity index (χ4n) is 3.09. The van der Waals surface area contributed by atoms with Crippen molar-refractivity contribution >= 4 is 5.91 Å². The molecule has 2 aromatic carbocycles. The first-order chi connectivity index (χ1) is 14.6. The van der Waals surface area contributed by atoms with Crippen molar-refractivity contribution in [1.82, 2.24) is 10.3 Å². The Hall–Kier alpha value is -3.34. The monoisotopic (exact) mass is 404 g/mol. The van der Waals surface area contributed by atoms with Gasteiger partial charge in [-0.25, -0.2) is 0 Å². The predicted molar refractivity (Wildman–Crippen MR) is 118 cm³/mol. The maximum absolute atomic E-state index is 12.8. The molecule has 1 aromatic heterocycles. The zero-order valence-corrected chi connectivity index (χ0v) is 17.7. The molecule has 0 radical (unpaired) electrons. The van der Waals surface area contributed by atoms with Crippen molar-refractivity contribution in [2.45, 2.75) is 39.8 Å². The van der Waals surface area contributed by atoms with Gasteiger partial charge >= 0.3 is 0 Å². The SMILES string of the molecule is CCOc1cc(C(=O)NC(C)c2ccc(CC)cc2)ccc1OCc1cccnc1. The highest BCUT2D eigenvalue weighted by atomic mass is 16.5. The van der Waals surface area contributed by atoms with Crippen molar-refractivity contribution in [3.63, 3.8) is 0 Å². The van der Waals surface area contributed by atoms with Crippen LogP contribution in [-0.4, -0.2) is 17.5 Å². The summed E-state index contributed by atoms with van der Waals surface area (Å²) >= 11 is 0. The molecule has 1 atom stereocenters. The van der Waals surface area contributed by atoms with Crippen LogP contribution in [0.2, 0.25) is 0 Å². The Kier molecular flexibility index (Phi) is 7.44. The van der Waals surface area contributed by atoms with Gasteiger partial charge < -0.3 is 14.8 Å². The van der Waals surface area contributed by atoms with Crippen LogP contribution in [0.15, 0.2) is 67.0 Å². The molecule has 0 aliphatic heterocycles. The van der Waals surface area contributed by atoms with Crippen LogP contribution < -0.4 is 14.8 Å². The van der Waals surface area contributed by atoms with Crippen molar-refractivity contribution in [2.24, 2.45) is 0 Å². The van der Waals surface area contributed by atoms with Gasteiger partial charge in [-0.3, -0.25) is 9.78 Å². The number of benzene rings is 2. The fraction of sp³-hybridized carbons (Fsp3) is 0.280. The van der Waals surface area contributed by atoms with Crippen molar-refractivity contribution in [2.75, 3.05) is 6.61 Å². The number of amides is 1. The number of hydrogen-bond acceptors (Lipinski definition) is 4. The summed E-state index contributed by atoms with van der Waals surface area (Å²) in [5.41, 5.74) is 3.84. The lowest BCUT2D eigenvalue weighted by molar-refractivity contribution is 0.0939. The van der Waals surface area contributed by atoms with E-state index >= 15 is 0 Å². The van der Waals surface area contributed by atoms with E-state index in [1.54, 1.807) is 30.6 Å². The largest absolute Gasteiger partial charge is 0.490 e. The predicted octanol–water partition coefficient (Wildman–Crippen LogP) is 5.11. The first-order valence-electron chi connectivity index (χ1n) is 10.3. The number of carbonyl (C=O) groups excluding carboxylic acids is 1. The lowest BCUT2D eigenvalue weighted by atomic mass is 10.0. The second-order valence-corrected chi connectivity index (χ2v) is 7.03. The number of carbonyl (C=O) groups is 1. The van der Waals surface area contributed by atoms with Crippen molar-refractivity contribution in [1.29, 1.82) is 0 Å². The summed E-state index contributed by atoms with van der Waals surface area (Å²) in [4.78, 5) is 16.9. The molecule has 0 aliphatic rings. The quantitative estimate of drug-likeness (QED) is 0.538. The van der Waals surface area contributed by atoms with Crippen molar-refractivity contribution in [3.05, 3.63) is 89.2 Å². The van der Waals surface area contributed by atoms with Gasteiger partial charge in [0.25, 0.3) is 5.91 Å². The number of pyridine rings is 1. The molecule has 0 fully saturated rings. The van der Waals surface area contributed by atoms with Crippen LogP contribution in [0.25, 0.3) is 0 Å². The Labute approximate surface area is 178 Å². The summed E-state index contributed by atoms with van der Waals surface area (Å²) in [6.45, 7) is 6.87. The number of nitrogens with one attached hydrogen (secondary N) is 1. The summed E-state index contributed by atoms with van der Waals surface area (Å²) in [6, 6.07) is 17.3. The van der Waals surface area contributed by atoms with Gasteiger partial charge in [0.15, 0.2) is 11.5 Å². The van der Waals surface area contributed by atoms with E-state index in [-0.39, 0.29) is 11.9 Å². The molecule has 0 spiro atoms. The second kappa shape index (κ2) is 10.4. The maximum Gasteiger partial charge on any atom is 0.251 e. The molecular weight excluding hydrogens is 376 g/mol. The van der Waals surface area contributed by atoms with Crippen molar-refractivity contribution in [3.8, 4) is 11.5 Å². The van der Waals surface area contributed by atoms with Gasteiger partial charge in [-0.15, -0.1) is 0 Å². The Bertz CT molecular complexity index is 956. The second-order valence-electron chi connectivity index (χ2n) is 7.03. The van der Waals surface area contributed by atoms with Crippen LogP contribution in [0.1, 0.15) is 53.9 Å². The zero-order valence-electron chi connectivity index (χ0n) is 17.7. The molecule has 5 nitrogen and oxygen atoms in total. The minimum absolute atomic E-state index is 0.0968. The zero-order chi connectivity index (χ0) is 21.3. The summed E-state index contributed by atoms with van der Waals surface area (Å²) in [5.74, 6) is 0.997. The van der Waals surface area contributed by atoms with Gasteiger partial charge in [0.1, 0.15) is 6.61 Å². The number of rotatable bonds is 9. The molecule has 3 rings (SSSR count). The molecule has 156 valence electrons. The molecule has 5 heteroatoms. The molecule has 3 aromatic rings. The van der Waals surface area contributed by atoms with Crippen LogP contribution >= 0.6 is 0 Å². The van der Waals surface area contributed by atoms with Gasteiger partial charge in [-0.2, -0.15) is 0 Å². The van der Waals surface area contributed by atoms with Crippen LogP contribution in [0.3, 0.4) is 0 Å². The summed E-state index contributed by atoms with van der Waals surface area (Å²) in [7, 11) is 0. The van der Waals surface area contributed by atoms with E-state index in [1.165, 1.54) is 5.56 Å². The molecular formula is C25H28N2O3. The lowest BCUT2D eigenvalue weighted by Crippen LogP contribution is -2.26. The van der Waals surface area contributed by atoms with Crippen LogP contribution in [-0.2, 0) is 13.0 Å². The number of aromatic nitrogens is 1. The minimum atomic E-state index is -0.151. The normalized spacial score (nSPS) is 11.6. The minimum Gasteiger partial charge on any atom is -0.490 e. The van der Waals surface area contributed by atoms with Crippen molar-refractivity contribution < 1.29 is 14.3 Å². The van der Waals surface area contributed by atoms with Gasteiger partial charge in [0.2, 0.25) is 0 Å². The number of nitrogens with zero attached hydrogens (tertiary/aromatic N) is 1. The first kappa shape index (κ1) is 21.4. The third-order valence-corrected chi connectivity index (χ3v) is 4.86. The van der Waals surface area contributed by atoms with E-state index < -0.39 is 0 Å². The molecule has 0 saturated heterocycles. The smallest absolute Gasteiger partial charge is 0.251 e. The molecule has 1 unspecified atom stereocenters. The van der Waals surface area contributed by atoms with Crippen LogP contribution in [0.5, 0.6) is 11.5 Å².